The largest absolute Gasteiger partial charge is 0.506 e. The van der Waals surface area contributed by atoms with Crippen LogP contribution in [0.2, 0.25) is 0 Å². The number of hydrogen-bond acceptors (Lipinski definition) is 7. The van der Waals surface area contributed by atoms with Gasteiger partial charge in [0.2, 0.25) is 0 Å². The van der Waals surface area contributed by atoms with Crippen LogP contribution in [-0.4, -0.2) is 51.5 Å². The molecule has 0 saturated carbocycles. The summed E-state index contributed by atoms with van der Waals surface area (Å²) in [4.78, 5) is 6.63. The lowest BCUT2D eigenvalue weighted by atomic mass is 10.1. The summed E-state index contributed by atoms with van der Waals surface area (Å²) in [6.07, 6.45) is 1.60. The van der Waals surface area contributed by atoms with Crippen LogP contribution in [0.4, 0.5) is 0 Å². The van der Waals surface area contributed by atoms with Gasteiger partial charge in [-0.05, 0) is 55.1 Å². The minimum absolute atomic E-state index is 0.135. The van der Waals surface area contributed by atoms with Crippen molar-refractivity contribution in [3.8, 4) is 23.0 Å². The van der Waals surface area contributed by atoms with Crippen LogP contribution >= 0.6 is 31.9 Å². The number of aromatic nitrogens is 3. The molecule has 156 valence electrons. The molecule has 7 nitrogen and oxygen atoms in total. The van der Waals surface area contributed by atoms with Crippen molar-refractivity contribution in [3.63, 3.8) is 0 Å². The number of ether oxygens (including phenoxy) is 2. The Morgan fingerprint density at radius 3 is 2.30 bits per heavy atom. The highest BCUT2D eigenvalue weighted by Crippen LogP contribution is 2.36. The number of nitrogens with zero attached hydrogens (tertiary/aromatic N) is 4. The number of phenols is 1. The van der Waals surface area contributed by atoms with Gasteiger partial charge in [-0.3, -0.25) is 4.90 Å². The van der Waals surface area contributed by atoms with E-state index in [1.54, 1.807) is 18.3 Å². The van der Waals surface area contributed by atoms with E-state index in [-0.39, 0.29) is 11.8 Å². The number of rotatable bonds is 6. The second kappa shape index (κ2) is 9.82. The molecule has 1 saturated heterocycles. The minimum Gasteiger partial charge on any atom is -0.506 e. The lowest BCUT2D eigenvalue weighted by Crippen LogP contribution is -2.35. The molecule has 0 unspecified atom stereocenters. The zero-order valence-electron chi connectivity index (χ0n) is 16.1. The highest BCUT2D eigenvalue weighted by atomic mass is 79.9. The van der Waals surface area contributed by atoms with Crippen molar-refractivity contribution in [2.45, 2.75) is 13.2 Å². The molecule has 0 radical (unpaired) electrons. The van der Waals surface area contributed by atoms with Crippen LogP contribution in [0.15, 0.2) is 51.5 Å². The van der Waals surface area contributed by atoms with Crippen molar-refractivity contribution in [1.29, 1.82) is 0 Å². The summed E-state index contributed by atoms with van der Waals surface area (Å²) in [5.41, 5.74) is 3.67. The van der Waals surface area contributed by atoms with Crippen LogP contribution in [-0.2, 0) is 17.9 Å². The summed E-state index contributed by atoms with van der Waals surface area (Å²) >= 11 is 6.62. The molecule has 1 aromatic heterocycles. The molecule has 1 N–H and O–H groups in total. The van der Waals surface area contributed by atoms with Crippen molar-refractivity contribution in [3.05, 3.63) is 62.7 Å². The molecule has 0 aliphatic carbocycles. The molecule has 2 aromatic carbocycles. The van der Waals surface area contributed by atoms with Gasteiger partial charge < -0.3 is 14.6 Å². The predicted molar refractivity (Wildman–Crippen MR) is 119 cm³/mol. The molecule has 0 atom stereocenters. The van der Waals surface area contributed by atoms with Gasteiger partial charge in [0, 0.05) is 25.2 Å². The zero-order valence-corrected chi connectivity index (χ0v) is 19.3. The fourth-order valence-corrected chi connectivity index (χ4v) is 4.27. The molecule has 1 fully saturated rings. The van der Waals surface area contributed by atoms with Crippen molar-refractivity contribution in [2.24, 2.45) is 0 Å². The van der Waals surface area contributed by atoms with Crippen LogP contribution in [0.3, 0.4) is 0 Å². The standard InChI is InChI=1S/C21H20Br2N4O3/c22-17-9-16(10-18(23)20(17)28)19-11-24-21(26-25-19)30-13-15-3-1-14(2-4-15)12-27-5-7-29-8-6-27/h1-4,9-11,28H,5-8,12-13H2. The SMILES string of the molecule is Oc1c(Br)cc(-c2cnc(OCc3ccc(CN4CCOCC4)cc3)nn2)cc1Br. The fraction of sp³-hybridized carbons (Fsp3) is 0.286. The minimum atomic E-state index is 0.135. The number of halogens is 2. The van der Waals surface area contributed by atoms with Crippen LogP contribution in [0.5, 0.6) is 11.8 Å². The first-order chi connectivity index (χ1) is 14.6. The smallest absolute Gasteiger partial charge is 0.336 e. The Morgan fingerprint density at radius 2 is 1.67 bits per heavy atom. The Balaban J connectivity index is 1.34. The van der Waals surface area contributed by atoms with Crippen molar-refractivity contribution >= 4 is 31.9 Å². The number of phenolic OH excluding ortho intramolecular Hbond substituents is 1. The van der Waals surface area contributed by atoms with E-state index < -0.39 is 0 Å². The maximum atomic E-state index is 9.83. The molecule has 1 aliphatic heterocycles. The number of aromatic hydroxyl groups is 1. The number of hydrogen-bond donors (Lipinski definition) is 1. The van der Waals surface area contributed by atoms with Gasteiger partial charge in [-0.25, -0.2) is 4.98 Å². The normalized spacial score (nSPS) is 14.6. The first-order valence-corrected chi connectivity index (χ1v) is 11.1. The summed E-state index contributed by atoms with van der Waals surface area (Å²) in [5, 5.41) is 18.1. The van der Waals surface area contributed by atoms with E-state index in [0.29, 0.717) is 21.2 Å². The quantitative estimate of drug-likeness (QED) is 0.507. The Labute approximate surface area is 191 Å². The number of morpholine rings is 1. The summed E-state index contributed by atoms with van der Waals surface area (Å²) in [7, 11) is 0. The zero-order chi connectivity index (χ0) is 20.9. The van der Waals surface area contributed by atoms with Gasteiger partial charge in [-0.15, -0.1) is 5.10 Å². The van der Waals surface area contributed by atoms with E-state index in [2.05, 4.69) is 76.2 Å². The highest BCUT2D eigenvalue weighted by Gasteiger charge is 2.11. The van der Waals surface area contributed by atoms with Gasteiger partial charge in [-0.2, -0.15) is 0 Å². The van der Waals surface area contributed by atoms with Gasteiger partial charge in [-0.1, -0.05) is 29.4 Å². The molecule has 2 heterocycles. The van der Waals surface area contributed by atoms with E-state index in [4.69, 9.17) is 9.47 Å². The second-order valence-electron chi connectivity index (χ2n) is 6.91. The van der Waals surface area contributed by atoms with Crippen LogP contribution in [0.25, 0.3) is 11.3 Å². The lowest BCUT2D eigenvalue weighted by molar-refractivity contribution is 0.0342. The Morgan fingerprint density at radius 1 is 1.00 bits per heavy atom. The molecular formula is C21H20Br2N4O3. The molecular weight excluding hydrogens is 516 g/mol. The molecule has 0 bridgehead atoms. The van der Waals surface area contributed by atoms with Crippen LogP contribution < -0.4 is 4.74 Å². The van der Waals surface area contributed by atoms with E-state index >= 15 is 0 Å². The van der Waals surface area contributed by atoms with Gasteiger partial charge in [0.25, 0.3) is 0 Å². The molecule has 3 aromatic rings. The summed E-state index contributed by atoms with van der Waals surface area (Å²) in [5.74, 6) is 0.135. The van der Waals surface area contributed by atoms with Crippen molar-refractivity contribution in [2.75, 3.05) is 26.3 Å². The van der Waals surface area contributed by atoms with Crippen LogP contribution in [0.1, 0.15) is 11.1 Å². The maximum Gasteiger partial charge on any atom is 0.336 e. The monoisotopic (exact) mass is 534 g/mol. The van der Waals surface area contributed by atoms with Gasteiger partial charge in [0.05, 0.1) is 28.4 Å². The van der Waals surface area contributed by atoms with E-state index in [0.717, 1.165) is 44.0 Å². The Kier molecular flexibility index (Phi) is 6.93. The molecule has 30 heavy (non-hydrogen) atoms. The fourth-order valence-electron chi connectivity index (χ4n) is 3.08. The Hall–Kier alpha value is -2.07. The third-order valence-electron chi connectivity index (χ3n) is 4.75. The van der Waals surface area contributed by atoms with Gasteiger partial charge >= 0.3 is 6.01 Å². The molecule has 0 amide bonds. The molecule has 0 spiro atoms. The predicted octanol–water partition coefficient (Wildman–Crippen LogP) is 4.18. The van der Waals surface area contributed by atoms with E-state index in [9.17, 15) is 5.11 Å². The summed E-state index contributed by atoms with van der Waals surface area (Å²) in [6.45, 7) is 4.87. The summed E-state index contributed by atoms with van der Waals surface area (Å²) in [6, 6.07) is 12.1. The van der Waals surface area contributed by atoms with Crippen molar-refractivity contribution in [1.82, 2.24) is 20.1 Å². The molecule has 4 rings (SSSR count). The van der Waals surface area contributed by atoms with Crippen LogP contribution in [0, 0.1) is 0 Å². The first kappa shape index (κ1) is 21.2. The molecule has 9 heteroatoms. The van der Waals surface area contributed by atoms with Gasteiger partial charge in [0.15, 0.2) is 0 Å². The maximum absolute atomic E-state index is 9.83. The molecule has 1 aliphatic rings. The van der Waals surface area contributed by atoms with Gasteiger partial charge in [0.1, 0.15) is 18.1 Å². The summed E-state index contributed by atoms with van der Waals surface area (Å²) < 4.78 is 12.2. The average Bonchev–Trinajstić information content (AvgIpc) is 2.78. The number of benzene rings is 2. The lowest BCUT2D eigenvalue weighted by Gasteiger charge is -2.26. The average molecular weight is 536 g/mol. The third-order valence-corrected chi connectivity index (χ3v) is 5.96. The third kappa shape index (κ3) is 5.34. The topological polar surface area (TPSA) is 80.6 Å². The first-order valence-electron chi connectivity index (χ1n) is 9.47. The Bertz CT molecular complexity index is 971. The van der Waals surface area contributed by atoms with Crippen molar-refractivity contribution < 1.29 is 14.6 Å². The highest BCUT2D eigenvalue weighted by molar-refractivity contribution is 9.11. The second-order valence-corrected chi connectivity index (χ2v) is 8.62. The van der Waals surface area contributed by atoms with E-state index in [1.165, 1.54) is 5.56 Å². The van der Waals surface area contributed by atoms with E-state index in [1.807, 2.05) is 0 Å².